The SMILES string of the molecule is O=C(O)c1c(-c2ccccc2F)nn2c1OCCC2. The fraction of sp³-hybridized carbons (Fsp3) is 0.231. The number of aromatic carboxylic acids is 1. The van der Waals surface area contributed by atoms with Crippen molar-refractivity contribution in [1.82, 2.24) is 9.78 Å². The van der Waals surface area contributed by atoms with Crippen LogP contribution in [0.25, 0.3) is 11.3 Å². The van der Waals surface area contributed by atoms with E-state index in [4.69, 9.17) is 4.74 Å². The zero-order chi connectivity index (χ0) is 13.4. The zero-order valence-electron chi connectivity index (χ0n) is 9.97. The molecule has 3 rings (SSSR count). The summed E-state index contributed by atoms with van der Waals surface area (Å²) in [6, 6.07) is 5.98. The number of nitrogens with zero attached hydrogens (tertiary/aromatic N) is 2. The van der Waals surface area contributed by atoms with Gasteiger partial charge in [0.05, 0.1) is 6.61 Å². The monoisotopic (exact) mass is 262 g/mol. The molecule has 1 aromatic heterocycles. The van der Waals surface area contributed by atoms with Crippen molar-refractivity contribution < 1.29 is 19.0 Å². The van der Waals surface area contributed by atoms with Crippen LogP contribution in [0.4, 0.5) is 4.39 Å². The molecule has 1 aromatic carbocycles. The molecular weight excluding hydrogens is 251 g/mol. The first-order valence-electron chi connectivity index (χ1n) is 5.90. The Hall–Kier alpha value is -2.37. The lowest BCUT2D eigenvalue weighted by molar-refractivity contribution is 0.0690. The van der Waals surface area contributed by atoms with Crippen molar-refractivity contribution in [3.05, 3.63) is 35.6 Å². The van der Waals surface area contributed by atoms with Crippen molar-refractivity contribution in [2.45, 2.75) is 13.0 Å². The van der Waals surface area contributed by atoms with E-state index in [0.717, 1.165) is 6.42 Å². The fourth-order valence-corrected chi connectivity index (χ4v) is 2.16. The molecule has 6 heteroatoms. The number of aromatic nitrogens is 2. The third-order valence-corrected chi connectivity index (χ3v) is 3.00. The van der Waals surface area contributed by atoms with Crippen molar-refractivity contribution in [3.63, 3.8) is 0 Å². The molecule has 0 aliphatic carbocycles. The van der Waals surface area contributed by atoms with Crippen LogP contribution in [0.2, 0.25) is 0 Å². The first-order chi connectivity index (χ1) is 9.18. The van der Waals surface area contributed by atoms with Gasteiger partial charge in [-0.15, -0.1) is 0 Å². The van der Waals surface area contributed by atoms with Crippen molar-refractivity contribution in [3.8, 4) is 17.1 Å². The van der Waals surface area contributed by atoms with Crippen molar-refractivity contribution in [1.29, 1.82) is 0 Å². The Morgan fingerprint density at radius 3 is 2.95 bits per heavy atom. The molecule has 19 heavy (non-hydrogen) atoms. The van der Waals surface area contributed by atoms with E-state index >= 15 is 0 Å². The highest BCUT2D eigenvalue weighted by Crippen LogP contribution is 2.33. The lowest BCUT2D eigenvalue weighted by atomic mass is 10.1. The van der Waals surface area contributed by atoms with E-state index in [1.807, 2.05) is 0 Å². The molecule has 1 N–H and O–H groups in total. The molecule has 5 nitrogen and oxygen atoms in total. The van der Waals surface area contributed by atoms with Gasteiger partial charge in [-0.05, 0) is 12.1 Å². The van der Waals surface area contributed by atoms with Gasteiger partial charge in [0.1, 0.15) is 17.1 Å². The van der Waals surface area contributed by atoms with Gasteiger partial charge in [-0.1, -0.05) is 12.1 Å². The summed E-state index contributed by atoms with van der Waals surface area (Å²) in [5.41, 5.74) is 0.206. The summed E-state index contributed by atoms with van der Waals surface area (Å²) in [6.07, 6.45) is 0.754. The molecule has 0 saturated heterocycles. The second kappa shape index (κ2) is 4.38. The quantitative estimate of drug-likeness (QED) is 0.900. The molecular formula is C13H11FN2O3. The second-order valence-corrected chi connectivity index (χ2v) is 4.24. The molecule has 0 amide bonds. The molecule has 0 unspecified atom stereocenters. The lowest BCUT2D eigenvalue weighted by Gasteiger charge is -2.14. The second-order valence-electron chi connectivity index (χ2n) is 4.24. The molecule has 0 bridgehead atoms. The maximum Gasteiger partial charge on any atom is 0.343 e. The number of carboxylic acid groups (broad SMARTS) is 1. The van der Waals surface area contributed by atoms with Gasteiger partial charge < -0.3 is 9.84 Å². The van der Waals surface area contributed by atoms with E-state index in [9.17, 15) is 14.3 Å². The van der Waals surface area contributed by atoms with Gasteiger partial charge in [-0.2, -0.15) is 5.10 Å². The Morgan fingerprint density at radius 2 is 2.21 bits per heavy atom. The predicted octanol–water partition coefficient (Wildman–Crippen LogP) is 2.17. The van der Waals surface area contributed by atoms with E-state index in [1.54, 1.807) is 12.1 Å². The Labute approximate surface area is 108 Å². The average molecular weight is 262 g/mol. The molecule has 2 heterocycles. The highest BCUT2D eigenvalue weighted by atomic mass is 19.1. The largest absolute Gasteiger partial charge is 0.477 e. The van der Waals surface area contributed by atoms with E-state index in [2.05, 4.69) is 5.10 Å². The third kappa shape index (κ3) is 1.85. The minimum absolute atomic E-state index is 0.0789. The molecule has 0 radical (unpaired) electrons. The number of carboxylic acids is 1. The van der Waals surface area contributed by atoms with Gasteiger partial charge >= 0.3 is 5.97 Å². The predicted molar refractivity (Wildman–Crippen MR) is 64.7 cm³/mol. The minimum Gasteiger partial charge on any atom is -0.477 e. The number of hydrogen-bond acceptors (Lipinski definition) is 3. The summed E-state index contributed by atoms with van der Waals surface area (Å²) in [5.74, 6) is -1.46. The Kier molecular flexibility index (Phi) is 2.70. The fourth-order valence-electron chi connectivity index (χ4n) is 2.16. The first kappa shape index (κ1) is 11.7. The highest BCUT2D eigenvalue weighted by Gasteiger charge is 2.28. The topological polar surface area (TPSA) is 64.3 Å². The van der Waals surface area contributed by atoms with Crippen molar-refractivity contribution in [2.75, 3.05) is 6.61 Å². The third-order valence-electron chi connectivity index (χ3n) is 3.00. The van der Waals surface area contributed by atoms with Gasteiger partial charge in [0, 0.05) is 18.5 Å². The summed E-state index contributed by atoms with van der Waals surface area (Å²) in [4.78, 5) is 11.4. The number of aryl methyl sites for hydroxylation is 1. The molecule has 1 aliphatic heterocycles. The van der Waals surface area contributed by atoms with Crippen LogP contribution < -0.4 is 4.74 Å². The van der Waals surface area contributed by atoms with Gasteiger partial charge in [-0.25, -0.2) is 13.9 Å². The Balaban J connectivity index is 2.24. The maximum atomic E-state index is 13.8. The summed E-state index contributed by atoms with van der Waals surface area (Å²) in [5, 5.41) is 13.5. The Morgan fingerprint density at radius 1 is 1.42 bits per heavy atom. The molecule has 1 aliphatic rings. The smallest absolute Gasteiger partial charge is 0.343 e. The Bertz CT molecular complexity index is 651. The number of fused-ring (bicyclic) bond motifs is 1. The number of benzene rings is 1. The van der Waals surface area contributed by atoms with Crippen LogP contribution in [0, 0.1) is 5.82 Å². The van der Waals surface area contributed by atoms with E-state index in [-0.39, 0.29) is 22.7 Å². The first-order valence-corrected chi connectivity index (χ1v) is 5.90. The number of ether oxygens (including phenoxy) is 1. The van der Waals surface area contributed by atoms with Crippen LogP contribution >= 0.6 is 0 Å². The van der Waals surface area contributed by atoms with Gasteiger partial charge in [-0.3, -0.25) is 0 Å². The van der Waals surface area contributed by atoms with Gasteiger partial charge in [0.15, 0.2) is 0 Å². The molecule has 0 saturated carbocycles. The van der Waals surface area contributed by atoms with E-state index in [1.165, 1.54) is 16.8 Å². The number of carbonyl (C=O) groups is 1. The molecule has 98 valence electrons. The summed E-state index contributed by atoms with van der Waals surface area (Å²) >= 11 is 0. The molecule has 0 atom stereocenters. The molecule has 0 spiro atoms. The molecule has 2 aromatic rings. The number of rotatable bonds is 2. The summed E-state index contributed by atoms with van der Waals surface area (Å²) in [7, 11) is 0. The summed E-state index contributed by atoms with van der Waals surface area (Å²) < 4.78 is 20.6. The maximum absolute atomic E-state index is 13.8. The normalized spacial score (nSPS) is 13.7. The lowest BCUT2D eigenvalue weighted by Crippen LogP contribution is -2.16. The van der Waals surface area contributed by atoms with E-state index < -0.39 is 11.8 Å². The zero-order valence-corrected chi connectivity index (χ0v) is 9.97. The average Bonchev–Trinajstić information content (AvgIpc) is 2.78. The highest BCUT2D eigenvalue weighted by molar-refractivity contribution is 5.97. The van der Waals surface area contributed by atoms with Crippen molar-refractivity contribution >= 4 is 5.97 Å². The molecule has 0 fully saturated rings. The van der Waals surface area contributed by atoms with Crippen molar-refractivity contribution in [2.24, 2.45) is 0 Å². The van der Waals surface area contributed by atoms with Crippen LogP contribution in [0.5, 0.6) is 5.88 Å². The van der Waals surface area contributed by atoms with Crippen LogP contribution in [0.1, 0.15) is 16.8 Å². The van der Waals surface area contributed by atoms with Crippen LogP contribution in [0.3, 0.4) is 0 Å². The van der Waals surface area contributed by atoms with Gasteiger partial charge in [0.2, 0.25) is 5.88 Å². The minimum atomic E-state index is -1.17. The van der Waals surface area contributed by atoms with Gasteiger partial charge in [0.25, 0.3) is 0 Å². The van der Waals surface area contributed by atoms with E-state index in [0.29, 0.717) is 13.2 Å². The number of halogens is 1. The van der Waals surface area contributed by atoms with Crippen LogP contribution in [-0.2, 0) is 6.54 Å². The summed E-state index contributed by atoms with van der Waals surface area (Å²) in [6.45, 7) is 1.02. The van der Waals surface area contributed by atoms with Crippen LogP contribution in [0.15, 0.2) is 24.3 Å². The van der Waals surface area contributed by atoms with Crippen LogP contribution in [-0.4, -0.2) is 27.5 Å². The standard InChI is InChI=1S/C13H11FN2O3/c14-9-5-2-1-4-8(9)11-10(13(17)18)12-16(15-11)6-3-7-19-12/h1-2,4-5H,3,6-7H2,(H,17,18). The number of hydrogen-bond donors (Lipinski definition) is 1.